The van der Waals surface area contributed by atoms with Gasteiger partial charge in [0.25, 0.3) is 0 Å². The van der Waals surface area contributed by atoms with E-state index < -0.39 is 0 Å². The third kappa shape index (κ3) is 4.67. The summed E-state index contributed by atoms with van der Waals surface area (Å²) in [4.78, 5) is 23.9. The number of aromatic nitrogens is 5. The highest BCUT2D eigenvalue weighted by Gasteiger charge is 2.23. The maximum atomic E-state index is 4.87. The van der Waals surface area contributed by atoms with Crippen LogP contribution in [0, 0.1) is 0 Å². The average molecular weight is 552 g/mol. The number of benzene rings is 5. The zero-order chi connectivity index (χ0) is 28.6. The van der Waals surface area contributed by atoms with Crippen molar-refractivity contribution < 1.29 is 0 Å². The average Bonchev–Trinajstić information content (AvgIpc) is 3.48. The van der Waals surface area contributed by atoms with Crippen molar-refractivity contribution in [1.29, 1.82) is 0 Å². The number of hydrogen-bond acceptors (Lipinski definition) is 5. The van der Waals surface area contributed by atoms with E-state index in [-0.39, 0.29) is 0 Å². The van der Waals surface area contributed by atoms with Crippen LogP contribution in [-0.4, -0.2) is 24.9 Å². The van der Waals surface area contributed by atoms with Crippen LogP contribution >= 0.6 is 0 Å². The number of nitrogens with zero attached hydrogens (tertiary/aromatic N) is 5. The SMILES string of the molecule is c1ccc(-c2nc(-c3ccccc3)nc(-c3ccc(-c4cccc(-c5ncnc6c5Cc5ccccc5-6)c4)cc3)n2)cc1. The van der Waals surface area contributed by atoms with Gasteiger partial charge in [0, 0.05) is 39.8 Å². The van der Waals surface area contributed by atoms with Gasteiger partial charge in [0.2, 0.25) is 0 Å². The van der Waals surface area contributed by atoms with E-state index in [0.29, 0.717) is 17.5 Å². The molecular formula is C38H25N5. The van der Waals surface area contributed by atoms with Crippen LogP contribution in [0.15, 0.2) is 140 Å². The van der Waals surface area contributed by atoms with Crippen LogP contribution in [0.5, 0.6) is 0 Å². The van der Waals surface area contributed by atoms with Gasteiger partial charge in [0.1, 0.15) is 6.33 Å². The lowest BCUT2D eigenvalue weighted by atomic mass is 9.98. The van der Waals surface area contributed by atoms with Crippen molar-refractivity contribution in [2.45, 2.75) is 6.42 Å². The van der Waals surface area contributed by atoms with Gasteiger partial charge < -0.3 is 0 Å². The topological polar surface area (TPSA) is 64.5 Å². The van der Waals surface area contributed by atoms with E-state index in [1.54, 1.807) is 6.33 Å². The Labute approximate surface area is 249 Å². The van der Waals surface area contributed by atoms with Gasteiger partial charge >= 0.3 is 0 Å². The van der Waals surface area contributed by atoms with Crippen molar-refractivity contribution in [2.75, 3.05) is 0 Å². The summed E-state index contributed by atoms with van der Waals surface area (Å²) >= 11 is 0. The van der Waals surface area contributed by atoms with Crippen LogP contribution in [0.1, 0.15) is 11.1 Å². The first kappa shape index (κ1) is 24.9. The van der Waals surface area contributed by atoms with Gasteiger partial charge in [-0.25, -0.2) is 24.9 Å². The lowest BCUT2D eigenvalue weighted by Gasteiger charge is -2.10. The molecule has 0 amide bonds. The normalized spacial score (nSPS) is 11.6. The Bertz CT molecular complexity index is 2030. The molecule has 1 aliphatic carbocycles. The highest BCUT2D eigenvalue weighted by atomic mass is 15.0. The Morgan fingerprint density at radius 1 is 0.395 bits per heavy atom. The third-order valence-corrected chi connectivity index (χ3v) is 7.90. The summed E-state index contributed by atoms with van der Waals surface area (Å²) in [5.74, 6) is 1.95. The van der Waals surface area contributed by atoms with Crippen LogP contribution in [0.2, 0.25) is 0 Å². The van der Waals surface area contributed by atoms with Crippen molar-refractivity contribution in [2.24, 2.45) is 0 Å². The number of hydrogen-bond donors (Lipinski definition) is 0. The van der Waals surface area contributed by atoms with Crippen molar-refractivity contribution in [3.05, 3.63) is 151 Å². The second kappa shape index (κ2) is 10.5. The van der Waals surface area contributed by atoms with Gasteiger partial charge in [-0.2, -0.15) is 0 Å². The van der Waals surface area contributed by atoms with Crippen molar-refractivity contribution in [1.82, 2.24) is 24.9 Å². The second-order valence-corrected chi connectivity index (χ2v) is 10.6. The van der Waals surface area contributed by atoms with Gasteiger partial charge in [-0.15, -0.1) is 0 Å². The molecule has 0 spiro atoms. The molecule has 0 atom stereocenters. The number of rotatable bonds is 5. The first-order chi connectivity index (χ1) is 21.3. The summed E-state index contributed by atoms with van der Waals surface area (Å²) in [5.41, 5.74) is 11.9. The van der Waals surface area contributed by atoms with E-state index in [1.165, 1.54) is 16.7 Å². The summed E-state index contributed by atoms with van der Waals surface area (Å²) in [6.45, 7) is 0. The van der Waals surface area contributed by atoms with E-state index in [9.17, 15) is 0 Å². The molecule has 0 saturated heterocycles. The van der Waals surface area contributed by atoms with E-state index in [2.05, 4.69) is 77.8 Å². The van der Waals surface area contributed by atoms with Crippen molar-refractivity contribution in [3.63, 3.8) is 0 Å². The van der Waals surface area contributed by atoms with Crippen LogP contribution < -0.4 is 0 Å². The molecule has 0 radical (unpaired) electrons. The molecule has 2 heterocycles. The predicted octanol–water partition coefficient (Wildman–Crippen LogP) is 8.57. The molecule has 0 aliphatic heterocycles. The lowest BCUT2D eigenvalue weighted by molar-refractivity contribution is 1.07. The fourth-order valence-electron chi connectivity index (χ4n) is 5.75. The minimum Gasteiger partial charge on any atom is -0.236 e. The highest BCUT2D eigenvalue weighted by Crippen LogP contribution is 2.39. The van der Waals surface area contributed by atoms with Gasteiger partial charge in [-0.3, -0.25) is 0 Å². The monoisotopic (exact) mass is 551 g/mol. The molecule has 2 aromatic heterocycles. The van der Waals surface area contributed by atoms with Crippen LogP contribution in [0.3, 0.4) is 0 Å². The van der Waals surface area contributed by atoms with Crippen molar-refractivity contribution in [3.8, 4) is 67.8 Å². The van der Waals surface area contributed by atoms with Crippen LogP contribution in [0.25, 0.3) is 67.8 Å². The molecule has 5 nitrogen and oxygen atoms in total. The Morgan fingerprint density at radius 2 is 0.907 bits per heavy atom. The molecule has 1 aliphatic rings. The quantitative estimate of drug-likeness (QED) is 0.214. The fraction of sp³-hybridized carbons (Fsp3) is 0.0263. The van der Waals surface area contributed by atoms with Crippen LogP contribution in [0.4, 0.5) is 0 Å². The Kier molecular flexibility index (Phi) is 6.12. The largest absolute Gasteiger partial charge is 0.236 e. The molecule has 43 heavy (non-hydrogen) atoms. The summed E-state index contributed by atoms with van der Waals surface area (Å²) in [6.07, 6.45) is 2.53. The van der Waals surface area contributed by atoms with Gasteiger partial charge in [-0.1, -0.05) is 127 Å². The molecule has 7 aromatic rings. The van der Waals surface area contributed by atoms with E-state index in [1.807, 2.05) is 60.7 Å². The summed E-state index contributed by atoms with van der Waals surface area (Å²) in [6, 6.07) is 45.6. The highest BCUT2D eigenvalue weighted by molar-refractivity contribution is 5.82. The minimum atomic E-state index is 0.643. The van der Waals surface area contributed by atoms with Gasteiger partial charge in [0.05, 0.1) is 11.4 Å². The van der Waals surface area contributed by atoms with Gasteiger partial charge in [0.15, 0.2) is 17.5 Å². The zero-order valence-corrected chi connectivity index (χ0v) is 23.2. The third-order valence-electron chi connectivity index (χ3n) is 7.90. The maximum absolute atomic E-state index is 4.87. The molecule has 0 bridgehead atoms. The maximum Gasteiger partial charge on any atom is 0.164 e. The molecule has 5 aromatic carbocycles. The first-order valence-electron chi connectivity index (χ1n) is 14.3. The summed E-state index contributed by atoms with van der Waals surface area (Å²) in [5, 5.41) is 0. The lowest BCUT2D eigenvalue weighted by Crippen LogP contribution is -2.00. The summed E-state index contributed by atoms with van der Waals surface area (Å²) in [7, 11) is 0. The smallest absolute Gasteiger partial charge is 0.164 e. The van der Waals surface area contributed by atoms with E-state index in [0.717, 1.165) is 51.2 Å². The Morgan fingerprint density at radius 3 is 1.58 bits per heavy atom. The molecular weight excluding hydrogens is 526 g/mol. The summed E-state index contributed by atoms with van der Waals surface area (Å²) < 4.78 is 0. The molecule has 0 saturated carbocycles. The Balaban J connectivity index is 1.15. The molecule has 8 rings (SSSR count). The first-order valence-corrected chi connectivity index (χ1v) is 14.3. The molecule has 0 N–H and O–H groups in total. The zero-order valence-electron chi connectivity index (χ0n) is 23.2. The van der Waals surface area contributed by atoms with Crippen LogP contribution in [-0.2, 0) is 6.42 Å². The predicted molar refractivity (Wildman–Crippen MR) is 171 cm³/mol. The second-order valence-electron chi connectivity index (χ2n) is 10.6. The van der Waals surface area contributed by atoms with Crippen molar-refractivity contribution >= 4 is 0 Å². The standard InChI is InChI=1S/C38H25N5/c1-3-10-26(11-4-1)36-41-37(27-12-5-2-6-13-27)43-38(42-36)28-20-18-25(19-21-28)29-15-9-16-31(22-29)34-33-23-30-14-7-8-17-32(30)35(33)40-24-39-34/h1-22,24H,23H2. The molecule has 5 heteroatoms. The van der Waals surface area contributed by atoms with Gasteiger partial charge in [-0.05, 0) is 22.8 Å². The molecule has 0 unspecified atom stereocenters. The fourth-order valence-corrected chi connectivity index (χ4v) is 5.75. The molecule has 202 valence electrons. The number of fused-ring (bicyclic) bond motifs is 3. The van der Waals surface area contributed by atoms with E-state index >= 15 is 0 Å². The molecule has 0 fully saturated rings. The Hall–Kier alpha value is -5.81. The minimum absolute atomic E-state index is 0.643. The van der Waals surface area contributed by atoms with E-state index in [4.69, 9.17) is 19.9 Å².